The summed E-state index contributed by atoms with van der Waals surface area (Å²) in [5, 5.41) is 8.68. The molecule has 0 aliphatic carbocycles. The maximum absolute atomic E-state index is 11.6. The summed E-state index contributed by atoms with van der Waals surface area (Å²) < 4.78 is 1.43. The average Bonchev–Trinajstić information content (AvgIpc) is 2.37. The summed E-state index contributed by atoms with van der Waals surface area (Å²) in [6.45, 7) is 2.01. The zero-order valence-electron chi connectivity index (χ0n) is 9.80. The molecular weight excluding hydrogens is 230 g/mol. The molecule has 1 heterocycles. The Kier molecular flexibility index (Phi) is 3.11. The minimum absolute atomic E-state index is 0.363. The molecule has 18 heavy (non-hydrogen) atoms. The van der Waals surface area contributed by atoms with Gasteiger partial charge in [-0.3, -0.25) is 14.3 Å². The normalized spacial score (nSPS) is 10.0. The standard InChI is InChI=1S/C13H11N3O2/c1-9-7-16(13(18)15-12(9)17)8-11-4-2-10(6-14)3-5-11/h2-5,7H,8H2,1H3,(H,15,17,18). The number of nitrogens with one attached hydrogen (secondary N) is 1. The summed E-state index contributed by atoms with van der Waals surface area (Å²) in [5.74, 6) is 0. The molecule has 0 spiro atoms. The Bertz CT molecular complexity index is 718. The maximum Gasteiger partial charge on any atom is 0.328 e. The van der Waals surface area contributed by atoms with Crippen LogP contribution < -0.4 is 11.2 Å². The lowest BCUT2D eigenvalue weighted by Crippen LogP contribution is -2.31. The van der Waals surface area contributed by atoms with Gasteiger partial charge in [0, 0.05) is 11.8 Å². The Morgan fingerprint density at radius 1 is 1.28 bits per heavy atom. The molecule has 0 aliphatic heterocycles. The summed E-state index contributed by atoms with van der Waals surface area (Å²) in [5.41, 5.74) is 1.15. The van der Waals surface area contributed by atoms with E-state index in [9.17, 15) is 9.59 Å². The molecule has 0 saturated carbocycles. The molecule has 2 rings (SSSR count). The molecule has 0 fully saturated rings. The van der Waals surface area contributed by atoms with Crippen molar-refractivity contribution in [2.75, 3.05) is 0 Å². The molecule has 1 aromatic carbocycles. The molecule has 0 radical (unpaired) electrons. The van der Waals surface area contributed by atoms with E-state index in [0.717, 1.165) is 5.56 Å². The molecule has 0 unspecified atom stereocenters. The van der Waals surface area contributed by atoms with E-state index >= 15 is 0 Å². The van der Waals surface area contributed by atoms with Crippen LogP contribution in [-0.2, 0) is 6.54 Å². The van der Waals surface area contributed by atoms with E-state index in [-0.39, 0.29) is 5.56 Å². The third-order valence-electron chi connectivity index (χ3n) is 2.62. The monoisotopic (exact) mass is 241 g/mol. The van der Waals surface area contributed by atoms with Crippen molar-refractivity contribution in [1.29, 1.82) is 5.26 Å². The first-order chi connectivity index (χ1) is 8.60. The van der Waals surface area contributed by atoms with Crippen LogP contribution in [0.25, 0.3) is 0 Å². The second-order valence-corrected chi connectivity index (χ2v) is 4.01. The summed E-state index contributed by atoms with van der Waals surface area (Å²) >= 11 is 0. The molecule has 0 amide bonds. The van der Waals surface area contributed by atoms with Crippen molar-refractivity contribution in [2.24, 2.45) is 0 Å². The van der Waals surface area contributed by atoms with Crippen LogP contribution in [0.5, 0.6) is 0 Å². The van der Waals surface area contributed by atoms with E-state index in [1.807, 2.05) is 6.07 Å². The van der Waals surface area contributed by atoms with Crippen LogP contribution in [0.4, 0.5) is 0 Å². The van der Waals surface area contributed by atoms with Crippen LogP contribution in [-0.4, -0.2) is 9.55 Å². The number of nitriles is 1. The van der Waals surface area contributed by atoms with Gasteiger partial charge in [-0.15, -0.1) is 0 Å². The molecule has 5 heteroatoms. The van der Waals surface area contributed by atoms with Crippen LogP contribution in [0.1, 0.15) is 16.7 Å². The van der Waals surface area contributed by atoms with Gasteiger partial charge in [0.2, 0.25) is 0 Å². The van der Waals surface area contributed by atoms with Gasteiger partial charge in [-0.1, -0.05) is 12.1 Å². The highest BCUT2D eigenvalue weighted by atomic mass is 16.2. The highest BCUT2D eigenvalue weighted by Gasteiger charge is 2.02. The van der Waals surface area contributed by atoms with Crippen LogP contribution in [0.3, 0.4) is 0 Å². The van der Waals surface area contributed by atoms with Crippen LogP contribution in [0.15, 0.2) is 40.1 Å². The zero-order valence-corrected chi connectivity index (χ0v) is 9.80. The SMILES string of the molecule is Cc1cn(Cc2ccc(C#N)cc2)c(=O)[nH]c1=O. The van der Waals surface area contributed by atoms with Crippen LogP contribution in [0, 0.1) is 18.3 Å². The molecule has 0 atom stereocenters. The molecule has 90 valence electrons. The minimum Gasteiger partial charge on any atom is -0.296 e. The quantitative estimate of drug-likeness (QED) is 0.843. The topological polar surface area (TPSA) is 78.7 Å². The maximum atomic E-state index is 11.6. The van der Waals surface area contributed by atoms with E-state index in [2.05, 4.69) is 4.98 Å². The Morgan fingerprint density at radius 2 is 1.94 bits per heavy atom. The first-order valence-corrected chi connectivity index (χ1v) is 5.39. The zero-order chi connectivity index (χ0) is 13.1. The van der Waals surface area contributed by atoms with Gasteiger partial charge in [0.25, 0.3) is 5.56 Å². The summed E-state index contributed by atoms with van der Waals surface area (Å²) in [6, 6.07) is 8.98. The van der Waals surface area contributed by atoms with E-state index < -0.39 is 5.69 Å². The lowest BCUT2D eigenvalue weighted by molar-refractivity contribution is 0.713. The fraction of sp³-hybridized carbons (Fsp3) is 0.154. The van der Waals surface area contributed by atoms with Crippen molar-refractivity contribution < 1.29 is 0 Å². The molecule has 5 nitrogen and oxygen atoms in total. The number of H-pyrrole nitrogens is 1. The van der Waals surface area contributed by atoms with Crippen molar-refractivity contribution in [1.82, 2.24) is 9.55 Å². The third-order valence-corrected chi connectivity index (χ3v) is 2.62. The minimum atomic E-state index is -0.435. The van der Waals surface area contributed by atoms with Gasteiger partial charge in [-0.05, 0) is 24.6 Å². The van der Waals surface area contributed by atoms with Crippen molar-refractivity contribution in [2.45, 2.75) is 13.5 Å². The van der Waals surface area contributed by atoms with Gasteiger partial charge >= 0.3 is 5.69 Å². The number of rotatable bonds is 2. The van der Waals surface area contributed by atoms with Gasteiger partial charge in [-0.25, -0.2) is 4.79 Å². The number of hydrogen-bond donors (Lipinski definition) is 1. The molecule has 0 aliphatic rings. The highest BCUT2D eigenvalue weighted by Crippen LogP contribution is 2.04. The number of nitrogens with zero attached hydrogens (tertiary/aromatic N) is 2. The van der Waals surface area contributed by atoms with Crippen molar-refractivity contribution in [3.8, 4) is 6.07 Å². The van der Waals surface area contributed by atoms with Crippen molar-refractivity contribution in [3.05, 3.63) is 68.0 Å². The second kappa shape index (κ2) is 4.72. The molecule has 1 aromatic heterocycles. The Hall–Kier alpha value is -2.61. The van der Waals surface area contributed by atoms with E-state index in [1.54, 1.807) is 31.2 Å². The second-order valence-electron chi connectivity index (χ2n) is 4.01. The van der Waals surface area contributed by atoms with E-state index in [0.29, 0.717) is 17.7 Å². The van der Waals surface area contributed by atoms with Gasteiger partial charge in [0.15, 0.2) is 0 Å². The van der Waals surface area contributed by atoms with Gasteiger partial charge in [0.05, 0.1) is 18.2 Å². The van der Waals surface area contributed by atoms with E-state index in [1.165, 1.54) is 10.8 Å². The largest absolute Gasteiger partial charge is 0.328 e. The number of aryl methyl sites for hydroxylation is 1. The lowest BCUT2D eigenvalue weighted by atomic mass is 10.1. The lowest BCUT2D eigenvalue weighted by Gasteiger charge is -2.06. The molecule has 1 N–H and O–H groups in total. The third kappa shape index (κ3) is 2.38. The molecule has 0 bridgehead atoms. The molecule has 0 saturated heterocycles. The Morgan fingerprint density at radius 3 is 2.56 bits per heavy atom. The number of aromatic amines is 1. The van der Waals surface area contributed by atoms with Crippen molar-refractivity contribution >= 4 is 0 Å². The van der Waals surface area contributed by atoms with Gasteiger partial charge < -0.3 is 0 Å². The summed E-state index contributed by atoms with van der Waals surface area (Å²) in [7, 11) is 0. The van der Waals surface area contributed by atoms with E-state index in [4.69, 9.17) is 5.26 Å². The average molecular weight is 241 g/mol. The van der Waals surface area contributed by atoms with Crippen LogP contribution in [0.2, 0.25) is 0 Å². The Balaban J connectivity index is 2.34. The van der Waals surface area contributed by atoms with Gasteiger partial charge in [-0.2, -0.15) is 5.26 Å². The Labute approximate surface area is 103 Å². The molecule has 2 aromatic rings. The highest BCUT2D eigenvalue weighted by molar-refractivity contribution is 5.31. The number of hydrogen-bond acceptors (Lipinski definition) is 3. The predicted molar refractivity (Wildman–Crippen MR) is 66.3 cm³/mol. The smallest absolute Gasteiger partial charge is 0.296 e. The molecular formula is C13H11N3O2. The summed E-state index contributed by atoms with van der Waals surface area (Å²) in [4.78, 5) is 25.0. The first kappa shape index (κ1) is 11.9. The van der Waals surface area contributed by atoms with Gasteiger partial charge in [0.1, 0.15) is 0 Å². The fourth-order valence-corrected chi connectivity index (χ4v) is 1.62. The fourth-order valence-electron chi connectivity index (χ4n) is 1.62. The van der Waals surface area contributed by atoms with Crippen LogP contribution >= 0.6 is 0 Å². The number of benzene rings is 1. The van der Waals surface area contributed by atoms with Crippen molar-refractivity contribution in [3.63, 3.8) is 0 Å². The first-order valence-electron chi connectivity index (χ1n) is 5.39. The predicted octanol–water partition coefficient (Wildman–Crippen LogP) is 0.765. The summed E-state index contributed by atoms with van der Waals surface area (Å²) in [6.07, 6.45) is 1.53. The number of aromatic nitrogens is 2.